The zero-order valence-electron chi connectivity index (χ0n) is 22.5. The molecule has 2 rings (SSSR count). The van der Waals surface area contributed by atoms with Crippen molar-refractivity contribution in [3.63, 3.8) is 0 Å². The molecular formula is C27H43ClFN3O4S. The first-order valence-electron chi connectivity index (χ1n) is 13.3. The largest absolute Gasteiger partial charge is 0.354 e. The topological polar surface area (TPSA) is 104 Å². The second-order valence-corrected chi connectivity index (χ2v) is 13.4. The SMILES string of the molecule is CC(C)C[C@H](NC(=O)C(C)(C)CC1CCCCC1)C(=O)NCCCCNS(=O)(=O)c1ccc(F)cc1Cl. The Morgan fingerprint density at radius 1 is 1.11 bits per heavy atom. The van der Waals surface area contributed by atoms with Crippen molar-refractivity contribution in [3.8, 4) is 0 Å². The van der Waals surface area contributed by atoms with E-state index in [2.05, 4.69) is 15.4 Å². The average molecular weight is 560 g/mol. The lowest BCUT2D eigenvalue weighted by atomic mass is 9.76. The fourth-order valence-corrected chi connectivity index (χ4v) is 6.43. The van der Waals surface area contributed by atoms with Crippen molar-refractivity contribution in [1.29, 1.82) is 0 Å². The van der Waals surface area contributed by atoms with Crippen LogP contribution < -0.4 is 15.4 Å². The number of carbonyl (C=O) groups excluding carboxylic acids is 2. The molecule has 0 aromatic heterocycles. The molecule has 1 atom stereocenters. The van der Waals surface area contributed by atoms with Gasteiger partial charge >= 0.3 is 0 Å². The maximum absolute atomic E-state index is 13.2. The van der Waals surface area contributed by atoms with E-state index < -0.39 is 27.3 Å². The third kappa shape index (κ3) is 10.5. The summed E-state index contributed by atoms with van der Waals surface area (Å²) in [6.07, 6.45) is 8.44. The van der Waals surface area contributed by atoms with Gasteiger partial charge in [0.25, 0.3) is 0 Å². The number of carbonyl (C=O) groups is 2. The van der Waals surface area contributed by atoms with E-state index in [1.807, 2.05) is 27.7 Å². The van der Waals surface area contributed by atoms with Gasteiger partial charge in [-0.05, 0) is 55.7 Å². The quantitative estimate of drug-likeness (QED) is 0.273. The molecule has 1 aromatic carbocycles. The molecule has 1 aliphatic carbocycles. The third-order valence-electron chi connectivity index (χ3n) is 6.85. The van der Waals surface area contributed by atoms with Crippen molar-refractivity contribution >= 4 is 33.4 Å². The Kier molecular flexibility index (Phi) is 12.3. The molecule has 1 aromatic rings. The molecule has 37 heavy (non-hydrogen) atoms. The van der Waals surface area contributed by atoms with Gasteiger partial charge in [-0.2, -0.15) is 0 Å². The number of amides is 2. The minimum absolute atomic E-state index is 0.0901. The van der Waals surface area contributed by atoms with Crippen molar-refractivity contribution in [2.75, 3.05) is 13.1 Å². The molecule has 0 radical (unpaired) electrons. The van der Waals surface area contributed by atoms with Gasteiger partial charge in [0.2, 0.25) is 21.8 Å². The number of rotatable bonds is 14. The van der Waals surface area contributed by atoms with Crippen molar-refractivity contribution in [2.24, 2.45) is 17.3 Å². The summed E-state index contributed by atoms with van der Waals surface area (Å²) in [5.41, 5.74) is -0.540. The number of nitrogens with one attached hydrogen (secondary N) is 3. The normalized spacial score (nSPS) is 16.0. The van der Waals surface area contributed by atoms with Crippen LogP contribution in [-0.2, 0) is 19.6 Å². The summed E-state index contributed by atoms with van der Waals surface area (Å²) in [6.45, 7) is 8.45. The molecule has 0 spiro atoms. The molecule has 3 N–H and O–H groups in total. The molecule has 1 saturated carbocycles. The molecule has 0 saturated heterocycles. The first-order valence-corrected chi connectivity index (χ1v) is 15.2. The molecule has 10 heteroatoms. The van der Waals surface area contributed by atoms with E-state index in [4.69, 9.17) is 11.6 Å². The number of halogens is 2. The number of hydrogen-bond donors (Lipinski definition) is 3. The smallest absolute Gasteiger partial charge is 0.242 e. The Morgan fingerprint density at radius 2 is 1.76 bits per heavy atom. The standard InChI is InChI=1S/C27H43ClFN3O4S/c1-19(2)16-23(32-26(34)27(3,4)18-20-10-6-5-7-11-20)25(33)30-14-8-9-15-31-37(35,36)24-13-12-21(29)17-22(24)28/h12-13,17,19-20,23,31H,5-11,14-16,18H2,1-4H3,(H,30,33)(H,32,34)/t23-/m0/s1. The zero-order chi connectivity index (χ0) is 27.6. The van der Waals surface area contributed by atoms with E-state index in [1.165, 1.54) is 32.1 Å². The Balaban J connectivity index is 1.80. The van der Waals surface area contributed by atoms with Gasteiger partial charge in [0.15, 0.2) is 0 Å². The highest BCUT2D eigenvalue weighted by Crippen LogP contribution is 2.34. The van der Waals surface area contributed by atoms with Crippen LogP contribution in [0.5, 0.6) is 0 Å². The number of unbranched alkanes of at least 4 members (excludes halogenated alkanes) is 1. The van der Waals surface area contributed by atoms with Crippen LogP contribution >= 0.6 is 11.6 Å². The predicted molar refractivity (Wildman–Crippen MR) is 145 cm³/mol. The van der Waals surface area contributed by atoms with E-state index in [0.717, 1.165) is 24.6 Å². The van der Waals surface area contributed by atoms with Gasteiger partial charge in [-0.25, -0.2) is 17.5 Å². The van der Waals surface area contributed by atoms with Crippen LogP contribution in [0, 0.1) is 23.1 Å². The Labute approximate surface area is 226 Å². The van der Waals surface area contributed by atoms with E-state index in [1.54, 1.807) is 0 Å². The first kappa shape index (κ1) is 31.5. The number of hydrogen-bond acceptors (Lipinski definition) is 4. The van der Waals surface area contributed by atoms with Gasteiger partial charge in [-0.15, -0.1) is 0 Å². The second-order valence-electron chi connectivity index (χ2n) is 11.2. The zero-order valence-corrected chi connectivity index (χ0v) is 24.1. The van der Waals surface area contributed by atoms with Gasteiger partial charge in [0, 0.05) is 18.5 Å². The van der Waals surface area contributed by atoms with Crippen molar-refractivity contribution in [2.45, 2.75) is 96.4 Å². The summed E-state index contributed by atoms with van der Waals surface area (Å²) >= 11 is 5.85. The lowest BCUT2D eigenvalue weighted by Crippen LogP contribution is -2.51. The minimum Gasteiger partial charge on any atom is -0.354 e. The lowest BCUT2D eigenvalue weighted by molar-refractivity contribution is -0.135. The third-order valence-corrected chi connectivity index (χ3v) is 8.79. The second kappa shape index (κ2) is 14.4. The van der Waals surface area contributed by atoms with Crippen LogP contribution in [-0.4, -0.2) is 39.4 Å². The van der Waals surface area contributed by atoms with Gasteiger partial charge < -0.3 is 10.6 Å². The fourth-order valence-electron chi connectivity index (χ4n) is 4.82. The van der Waals surface area contributed by atoms with E-state index in [-0.39, 0.29) is 34.2 Å². The van der Waals surface area contributed by atoms with Crippen molar-refractivity contribution in [3.05, 3.63) is 29.0 Å². The van der Waals surface area contributed by atoms with E-state index in [0.29, 0.717) is 31.7 Å². The summed E-state index contributed by atoms with van der Waals surface area (Å²) < 4.78 is 40.4. The highest BCUT2D eigenvalue weighted by Gasteiger charge is 2.34. The molecule has 210 valence electrons. The molecule has 0 heterocycles. The van der Waals surface area contributed by atoms with Gasteiger partial charge in [-0.3, -0.25) is 9.59 Å². The minimum atomic E-state index is -3.86. The molecule has 1 aliphatic rings. The molecule has 7 nitrogen and oxygen atoms in total. The van der Waals surface area contributed by atoms with Crippen LogP contribution in [0.1, 0.15) is 85.5 Å². The lowest BCUT2D eigenvalue weighted by Gasteiger charge is -2.32. The molecule has 0 aliphatic heterocycles. The van der Waals surface area contributed by atoms with Gasteiger partial charge in [0.05, 0.1) is 5.02 Å². The van der Waals surface area contributed by atoms with Gasteiger partial charge in [0.1, 0.15) is 16.8 Å². The Morgan fingerprint density at radius 3 is 2.38 bits per heavy atom. The number of benzene rings is 1. The van der Waals surface area contributed by atoms with Crippen LogP contribution in [0.3, 0.4) is 0 Å². The number of sulfonamides is 1. The van der Waals surface area contributed by atoms with E-state index >= 15 is 0 Å². The predicted octanol–water partition coefficient (Wildman–Crippen LogP) is 5.18. The first-order chi connectivity index (χ1) is 17.3. The highest BCUT2D eigenvalue weighted by molar-refractivity contribution is 7.89. The molecule has 0 unspecified atom stereocenters. The maximum Gasteiger partial charge on any atom is 0.242 e. The summed E-state index contributed by atoms with van der Waals surface area (Å²) in [4.78, 5) is 25.8. The fraction of sp³-hybridized carbons (Fsp3) is 0.704. The van der Waals surface area contributed by atoms with Crippen LogP contribution in [0.25, 0.3) is 0 Å². The van der Waals surface area contributed by atoms with Crippen LogP contribution in [0.2, 0.25) is 5.02 Å². The summed E-state index contributed by atoms with van der Waals surface area (Å²) in [5.74, 6) is -0.144. The Bertz CT molecular complexity index is 1010. The highest BCUT2D eigenvalue weighted by atomic mass is 35.5. The molecule has 1 fully saturated rings. The van der Waals surface area contributed by atoms with Crippen molar-refractivity contribution < 1.29 is 22.4 Å². The maximum atomic E-state index is 13.2. The monoisotopic (exact) mass is 559 g/mol. The van der Waals surface area contributed by atoms with Crippen molar-refractivity contribution in [1.82, 2.24) is 15.4 Å². The van der Waals surface area contributed by atoms with Gasteiger partial charge in [-0.1, -0.05) is 71.4 Å². The van der Waals surface area contributed by atoms with Crippen LogP contribution in [0.4, 0.5) is 4.39 Å². The van der Waals surface area contributed by atoms with Crippen LogP contribution in [0.15, 0.2) is 23.1 Å². The molecule has 0 bridgehead atoms. The summed E-state index contributed by atoms with van der Waals surface area (Å²) in [7, 11) is -3.86. The summed E-state index contributed by atoms with van der Waals surface area (Å²) in [5, 5.41) is 5.69. The molecular weight excluding hydrogens is 517 g/mol. The average Bonchev–Trinajstić information content (AvgIpc) is 2.80. The van der Waals surface area contributed by atoms with E-state index in [9.17, 15) is 22.4 Å². The summed E-state index contributed by atoms with van der Waals surface area (Å²) in [6, 6.07) is 2.51. The molecule has 2 amide bonds. The Hall–Kier alpha value is -1.71.